The van der Waals surface area contributed by atoms with Crippen LogP contribution in [0.15, 0.2) is 54.9 Å². The molecule has 13 heteroatoms. The Hall–Kier alpha value is -4.11. The number of rotatable bonds is 7. The fraction of sp³-hybridized carbons (Fsp3) is 0.333. The molecule has 0 unspecified atom stereocenters. The number of carbonyl (C=O) groups is 1. The number of likely N-dealkylation sites (tertiary alicyclic amines) is 1. The zero-order valence-corrected chi connectivity index (χ0v) is 26.3. The molecule has 1 amide bonds. The molecular weight excluding hydrogens is 640 g/mol. The summed E-state index contributed by atoms with van der Waals surface area (Å²) in [6.07, 6.45) is -0.671. The van der Waals surface area contributed by atoms with Crippen molar-refractivity contribution in [3.63, 3.8) is 0 Å². The third-order valence-electron chi connectivity index (χ3n) is 8.61. The summed E-state index contributed by atoms with van der Waals surface area (Å²) in [6.45, 7) is 4.14. The van der Waals surface area contributed by atoms with Crippen LogP contribution in [0.5, 0.6) is 6.01 Å². The summed E-state index contributed by atoms with van der Waals surface area (Å²) in [7, 11) is 1.83. The molecule has 3 heterocycles. The molecule has 3 atom stereocenters. The van der Waals surface area contributed by atoms with Gasteiger partial charge >= 0.3 is 6.01 Å². The van der Waals surface area contributed by atoms with E-state index in [1.807, 2.05) is 29.0 Å². The smallest absolute Gasteiger partial charge is 0.319 e. The first-order valence-corrected chi connectivity index (χ1v) is 15.4. The number of nitriles is 1. The van der Waals surface area contributed by atoms with Crippen LogP contribution in [0.3, 0.4) is 0 Å². The van der Waals surface area contributed by atoms with Crippen LogP contribution >= 0.6 is 23.2 Å². The van der Waals surface area contributed by atoms with Crippen molar-refractivity contribution in [2.45, 2.75) is 31.1 Å². The minimum Gasteiger partial charge on any atom is -0.462 e. The molecule has 0 saturated carbocycles. The third kappa shape index (κ3) is 6.05. The first-order valence-electron chi connectivity index (χ1n) is 14.7. The molecule has 0 aliphatic carbocycles. The van der Waals surface area contributed by atoms with Crippen molar-refractivity contribution in [3.8, 4) is 23.2 Å². The predicted octanol–water partition coefficient (Wildman–Crippen LogP) is 6.73. The van der Waals surface area contributed by atoms with Crippen LogP contribution in [0.1, 0.15) is 12.8 Å². The van der Waals surface area contributed by atoms with Gasteiger partial charge in [0.25, 0.3) is 5.91 Å². The van der Waals surface area contributed by atoms with E-state index < -0.39 is 29.8 Å². The van der Waals surface area contributed by atoms with E-state index in [0.29, 0.717) is 51.2 Å². The van der Waals surface area contributed by atoms with Gasteiger partial charge in [-0.15, -0.1) is 0 Å². The number of aromatic nitrogens is 2. The number of ether oxygens (including phenoxy) is 1. The van der Waals surface area contributed by atoms with Crippen LogP contribution in [-0.4, -0.2) is 83.8 Å². The number of amides is 1. The van der Waals surface area contributed by atoms with E-state index in [9.17, 15) is 23.2 Å². The first kappa shape index (κ1) is 31.9. The van der Waals surface area contributed by atoms with Crippen LogP contribution in [0.4, 0.5) is 19.0 Å². The van der Waals surface area contributed by atoms with E-state index in [0.717, 1.165) is 5.39 Å². The molecule has 2 aliphatic rings. The molecule has 2 aliphatic heterocycles. The van der Waals surface area contributed by atoms with Crippen molar-refractivity contribution >= 4 is 56.6 Å². The number of alkyl halides is 1. The quantitative estimate of drug-likeness (QED) is 0.202. The lowest BCUT2D eigenvalue weighted by Crippen LogP contribution is -2.55. The molecule has 0 radical (unpaired) electrons. The lowest BCUT2D eigenvalue weighted by Gasteiger charge is -2.41. The predicted molar refractivity (Wildman–Crippen MR) is 172 cm³/mol. The Morgan fingerprint density at radius 3 is 2.65 bits per heavy atom. The number of likely N-dealkylation sites (N-methyl/N-ethyl adjacent to an activating group) is 1. The lowest BCUT2D eigenvalue weighted by molar-refractivity contribution is -0.131. The van der Waals surface area contributed by atoms with Gasteiger partial charge in [0.2, 0.25) is 0 Å². The molecule has 3 aromatic carbocycles. The highest BCUT2D eigenvalue weighted by Crippen LogP contribution is 2.41. The van der Waals surface area contributed by atoms with Gasteiger partial charge in [-0.05, 0) is 42.6 Å². The highest BCUT2D eigenvalue weighted by Gasteiger charge is 2.34. The van der Waals surface area contributed by atoms with Gasteiger partial charge in [0.1, 0.15) is 24.4 Å². The summed E-state index contributed by atoms with van der Waals surface area (Å²) in [5.41, 5.74) is 1.61. The topological polar surface area (TPSA) is 85.6 Å². The number of piperazine rings is 1. The molecule has 0 bridgehead atoms. The minimum atomic E-state index is -1.10. The highest BCUT2D eigenvalue weighted by atomic mass is 35.5. The Balaban J connectivity index is 1.45. The average molecular weight is 670 g/mol. The third-order valence-corrected chi connectivity index (χ3v) is 9.30. The Morgan fingerprint density at radius 2 is 1.93 bits per heavy atom. The van der Waals surface area contributed by atoms with E-state index in [2.05, 4.69) is 17.6 Å². The van der Waals surface area contributed by atoms with Crippen LogP contribution in [0.25, 0.3) is 32.8 Å². The van der Waals surface area contributed by atoms with E-state index >= 15 is 0 Å². The molecule has 0 spiro atoms. The second kappa shape index (κ2) is 12.9. The van der Waals surface area contributed by atoms with E-state index in [1.165, 1.54) is 11.0 Å². The first-order chi connectivity index (χ1) is 22.0. The van der Waals surface area contributed by atoms with Crippen LogP contribution in [0, 0.1) is 17.1 Å². The fourth-order valence-corrected chi connectivity index (χ4v) is 6.83. The Labute approximate surface area is 273 Å². The molecule has 4 aromatic rings. The van der Waals surface area contributed by atoms with Crippen LogP contribution in [-0.2, 0) is 4.79 Å². The number of benzene rings is 3. The standard InChI is InChI=1S/C33H29Cl2F3N6O2/c1-18(36)32(45)44-11-10-43(16-21(44)8-9-39)31-25-13-26(34)24(23-5-3-4-19-6-7-27(38)30(35)29(19)23)14-28(25)40-33(41-31)46-17-22-12-20(37)15-42(22)2/h3-7,13-14,20-22H,1,8,10-12,15-17H2,2H3/t20-,21+,22+/m1/s1. The fourth-order valence-electron chi connectivity index (χ4n) is 6.29. The molecule has 6 rings (SSSR count). The maximum Gasteiger partial charge on any atom is 0.319 e. The highest BCUT2D eigenvalue weighted by molar-refractivity contribution is 6.38. The zero-order valence-electron chi connectivity index (χ0n) is 24.8. The number of fused-ring (bicyclic) bond motifs is 2. The Morgan fingerprint density at radius 1 is 1.13 bits per heavy atom. The van der Waals surface area contributed by atoms with Gasteiger partial charge < -0.3 is 14.5 Å². The van der Waals surface area contributed by atoms with Crippen molar-refractivity contribution in [2.24, 2.45) is 0 Å². The summed E-state index contributed by atoms with van der Waals surface area (Å²) < 4.78 is 48.5. The second-order valence-electron chi connectivity index (χ2n) is 11.5. The number of hydrogen-bond donors (Lipinski definition) is 0. The average Bonchev–Trinajstić information content (AvgIpc) is 3.36. The molecule has 238 valence electrons. The number of halogens is 5. The SMILES string of the molecule is C=C(F)C(=O)N1CCN(c2nc(OC[C@@H]3C[C@@H](F)CN3C)nc3cc(-c4cccc5ccc(F)c(Cl)c45)c(Cl)cc23)C[C@@H]1CC#N. The molecular formula is C33H29Cl2F3N6O2. The van der Waals surface area contributed by atoms with E-state index in [4.69, 9.17) is 32.9 Å². The van der Waals surface area contributed by atoms with Gasteiger partial charge in [0, 0.05) is 53.6 Å². The normalized spacial score (nSPS) is 20.3. The van der Waals surface area contributed by atoms with E-state index in [-0.39, 0.29) is 49.7 Å². The summed E-state index contributed by atoms with van der Waals surface area (Å²) in [6, 6.07) is 13.2. The second-order valence-corrected chi connectivity index (χ2v) is 12.3. The maximum absolute atomic E-state index is 14.6. The van der Waals surface area contributed by atoms with Gasteiger partial charge in [-0.3, -0.25) is 9.69 Å². The van der Waals surface area contributed by atoms with Crippen molar-refractivity contribution < 1.29 is 22.7 Å². The number of hydrogen-bond acceptors (Lipinski definition) is 7. The number of nitrogens with zero attached hydrogens (tertiary/aromatic N) is 6. The molecule has 8 nitrogen and oxygen atoms in total. The van der Waals surface area contributed by atoms with E-state index in [1.54, 1.807) is 24.3 Å². The summed E-state index contributed by atoms with van der Waals surface area (Å²) >= 11 is 13.3. The Kier molecular flexibility index (Phi) is 8.97. The monoisotopic (exact) mass is 668 g/mol. The molecule has 2 saturated heterocycles. The van der Waals surface area contributed by atoms with Crippen LogP contribution in [0.2, 0.25) is 10.0 Å². The van der Waals surface area contributed by atoms with Crippen molar-refractivity contribution in [3.05, 3.63) is 70.7 Å². The number of anilines is 1. The van der Waals surface area contributed by atoms with Gasteiger partial charge in [0.05, 0.1) is 29.1 Å². The number of carbonyl (C=O) groups excluding carboxylic acids is 1. The molecule has 1 aromatic heterocycles. The van der Waals surface area contributed by atoms with Gasteiger partial charge in [-0.25, -0.2) is 13.2 Å². The summed E-state index contributed by atoms with van der Waals surface area (Å²) in [5.74, 6) is -2.08. The Bertz CT molecular complexity index is 1900. The molecule has 46 heavy (non-hydrogen) atoms. The summed E-state index contributed by atoms with van der Waals surface area (Å²) in [4.78, 5) is 27.0. The molecule has 2 fully saturated rings. The maximum atomic E-state index is 14.6. The van der Waals surface area contributed by atoms with Crippen LogP contribution < -0.4 is 9.64 Å². The lowest BCUT2D eigenvalue weighted by atomic mass is 9.97. The minimum absolute atomic E-state index is 0.0320. The van der Waals surface area contributed by atoms with Gasteiger partial charge in [0.15, 0.2) is 5.83 Å². The van der Waals surface area contributed by atoms with Crippen molar-refractivity contribution in [1.29, 1.82) is 5.26 Å². The molecule has 0 N–H and O–H groups in total. The van der Waals surface area contributed by atoms with Crippen molar-refractivity contribution in [1.82, 2.24) is 19.8 Å². The van der Waals surface area contributed by atoms with Crippen molar-refractivity contribution in [2.75, 3.05) is 44.7 Å². The summed E-state index contributed by atoms with van der Waals surface area (Å²) in [5, 5.41) is 11.6. The van der Waals surface area contributed by atoms with Gasteiger partial charge in [-0.2, -0.15) is 15.2 Å². The zero-order chi connectivity index (χ0) is 32.7. The largest absolute Gasteiger partial charge is 0.462 e. The van der Waals surface area contributed by atoms with Gasteiger partial charge in [-0.1, -0.05) is 54.0 Å².